The van der Waals surface area contributed by atoms with Crippen molar-refractivity contribution in [1.29, 1.82) is 0 Å². The second kappa shape index (κ2) is 28.0. The Morgan fingerprint density at radius 3 is 1.76 bits per heavy atom. The van der Waals surface area contributed by atoms with Crippen LogP contribution >= 0.6 is 0 Å². The van der Waals surface area contributed by atoms with E-state index in [0.717, 1.165) is 56.9 Å². The summed E-state index contributed by atoms with van der Waals surface area (Å²) in [6.07, 6.45) is 16.3. The molecule has 0 aromatic heterocycles. The third kappa shape index (κ3) is 16.2. The van der Waals surface area contributed by atoms with Gasteiger partial charge >= 0.3 is 22.4 Å². The Hall–Kier alpha value is -2.17. The fourth-order valence-electron chi connectivity index (χ4n) is 4.92. The molecule has 0 unspecified atom stereocenters. The molecule has 0 atom stereocenters. The summed E-state index contributed by atoms with van der Waals surface area (Å²) in [5.74, 6) is 2.99. The van der Waals surface area contributed by atoms with Gasteiger partial charge in [-0.3, -0.25) is 0 Å². The van der Waals surface area contributed by atoms with Crippen LogP contribution < -0.4 is 0 Å². The molecule has 2 aromatic carbocycles. The number of benzene rings is 2. The van der Waals surface area contributed by atoms with Crippen molar-refractivity contribution in [3.05, 3.63) is 101 Å². The summed E-state index contributed by atoms with van der Waals surface area (Å²) in [6, 6.07) is 18.1. The summed E-state index contributed by atoms with van der Waals surface area (Å²) >= 11 is 0. The fourth-order valence-corrected chi connectivity index (χ4v) is 4.92. The molecule has 0 aliphatic carbocycles. The number of unbranched alkanes of at least 4 members (excludes halogenated alkanes) is 7. The first kappa shape index (κ1) is 41.0. The molecule has 2 rings (SSSR count). The number of hydrogen-bond acceptors (Lipinski definition) is 0. The van der Waals surface area contributed by atoms with Crippen molar-refractivity contribution in [3.63, 3.8) is 0 Å². The van der Waals surface area contributed by atoms with Gasteiger partial charge in [0.1, 0.15) is 0 Å². The van der Waals surface area contributed by atoms with Gasteiger partial charge in [0.25, 0.3) is 0 Å². The number of hydrogen-bond donors (Lipinski definition) is 0. The zero-order valence-corrected chi connectivity index (χ0v) is 28.1. The fraction of sp³-hybridized carbons (Fsp3) is 0.526. The molecule has 2 aromatic rings. The Morgan fingerprint density at radius 2 is 1.20 bits per heavy atom. The SMILES string of the molecule is CCCCCCCCc1cccc(C(=C(CCCC)C(=C=[N+]=[N-])CCCC)c2cccc(CC)c2)c1.[CH2-]C.[CH2-]C.[Ni+2]. The molecular weight excluding hydrogens is 543 g/mol. The van der Waals surface area contributed by atoms with Crippen LogP contribution in [0.15, 0.2) is 59.7 Å². The van der Waals surface area contributed by atoms with Crippen molar-refractivity contribution in [1.82, 2.24) is 0 Å². The molecule has 0 bridgehead atoms. The van der Waals surface area contributed by atoms with Crippen molar-refractivity contribution in [3.8, 4) is 0 Å². The quantitative estimate of drug-likeness (QED) is 0.0329. The monoisotopic (exact) mass is 600 g/mol. The van der Waals surface area contributed by atoms with Crippen molar-refractivity contribution in [2.75, 3.05) is 0 Å². The van der Waals surface area contributed by atoms with Gasteiger partial charge in [-0.1, -0.05) is 121 Å². The second-order valence-corrected chi connectivity index (χ2v) is 10.0. The van der Waals surface area contributed by atoms with Crippen LogP contribution in [0.25, 0.3) is 11.1 Å². The third-order valence-electron chi connectivity index (χ3n) is 7.07. The predicted octanol–water partition coefficient (Wildman–Crippen LogP) is 11.8. The maximum absolute atomic E-state index is 9.50. The Labute approximate surface area is 264 Å². The smallest absolute Gasteiger partial charge is 0.348 e. The molecule has 230 valence electrons. The molecule has 0 saturated heterocycles. The Kier molecular flexibility index (Phi) is 28.0. The molecule has 0 saturated carbocycles. The van der Waals surface area contributed by atoms with E-state index in [2.05, 4.69) is 101 Å². The van der Waals surface area contributed by atoms with E-state index in [0.29, 0.717) is 0 Å². The van der Waals surface area contributed by atoms with Crippen LogP contribution in [0.5, 0.6) is 0 Å². The van der Waals surface area contributed by atoms with E-state index in [1.54, 1.807) is 13.8 Å². The maximum atomic E-state index is 9.50. The molecule has 0 fully saturated rings. The zero-order valence-electron chi connectivity index (χ0n) is 27.1. The van der Waals surface area contributed by atoms with Gasteiger partial charge in [0.15, 0.2) is 0 Å². The van der Waals surface area contributed by atoms with Gasteiger partial charge in [0.05, 0.1) is 5.57 Å². The number of aryl methyl sites for hydroxylation is 2. The molecule has 0 N–H and O–H groups in total. The van der Waals surface area contributed by atoms with Crippen molar-refractivity contribution in [2.45, 2.75) is 131 Å². The van der Waals surface area contributed by atoms with Crippen molar-refractivity contribution >= 4 is 11.4 Å². The van der Waals surface area contributed by atoms with Gasteiger partial charge in [-0.2, -0.15) is 13.8 Å². The Balaban J connectivity index is 0. The van der Waals surface area contributed by atoms with Crippen LogP contribution in [-0.2, 0) is 29.3 Å². The minimum Gasteiger partial charge on any atom is -0.348 e. The molecule has 0 heterocycles. The first-order valence-electron chi connectivity index (χ1n) is 16.0. The third-order valence-corrected chi connectivity index (χ3v) is 7.07. The minimum absolute atomic E-state index is 0. The van der Waals surface area contributed by atoms with E-state index >= 15 is 0 Å². The van der Waals surface area contributed by atoms with Crippen LogP contribution in [0, 0.1) is 13.8 Å². The second-order valence-electron chi connectivity index (χ2n) is 10.0. The summed E-state index contributed by atoms with van der Waals surface area (Å²) in [6.45, 7) is 18.9. The van der Waals surface area contributed by atoms with Crippen LogP contribution in [0.2, 0.25) is 0 Å². The average Bonchev–Trinajstić information content (AvgIpc) is 3.01. The van der Waals surface area contributed by atoms with Crippen LogP contribution in [-0.4, -0.2) is 10.7 Å². The Morgan fingerprint density at radius 1 is 0.683 bits per heavy atom. The van der Waals surface area contributed by atoms with Gasteiger partial charge in [-0.15, -0.1) is 4.79 Å². The molecular formula is C38H58N2Ni. The molecule has 2 nitrogen and oxygen atoms in total. The largest absolute Gasteiger partial charge is 2.00 e. The molecule has 3 heteroatoms. The topological polar surface area (TPSA) is 36.4 Å². The van der Waals surface area contributed by atoms with E-state index < -0.39 is 0 Å². The van der Waals surface area contributed by atoms with Gasteiger partial charge in [0, 0.05) is 0 Å². The van der Waals surface area contributed by atoms with E-state index in [9.17, 15) is 5.53 Å². The molecule has 0 spiro atoms. The summed E-state index contributed by atoms with van der Waals surface area (Å²) in [7, 11) is 0. The van der Waals surface area contributed by atoms with Crippen LogP contribution in [0.1, 0.15) is 141 Å². The molecule has 0 amide bonds. The molecule has 41 heavy (non-hydrogen) atoms. The first-order chi connectivity index (χ1) is 19.7. The normalized spacial score (nSPS) is 10.4. The van der Waals surface area contributed by atoms with Crippen molar-refractivity contribution in [2.24, 2.45) is 0 Å². The van der Waals surface area contributed by atoms with E-state index in [1.165, 1.54) is 71.9 Å². The Bertz CT molecular complexity index is 1040. The number of rotatable bonds is 17. The summed E-state index contributed by atoms with van der Waals surface area (Å²) in [5, 5.41) is 0. The van der Waals surface area contributed by atoms with Crippen LogP contribution in [0.4, 0.5) is 0 Å². The zero-order chi connectivity index (χ0) is 30.0. The van der Waals surface area contributed by atoms with Gasteiger partial charge < -0.3 is 19.4 Å². The van der Waals surface area contributed by atoms with Gasteiger partial charge in [-0.25, -0.2) is 0 Å². The number of allylic oxidation sites excluding steroid dienone is 2. The minimum atomic E-state index is 0. The predicted molar refractivity (Wildman–Crippen MR) is 179 cm³/mol. The standard InChI is InChI=1S/C34H48N2.2C2H5.Ni/c1-5-9-12-13-14-15-18-29-20-17-23-31(26-29)34(30-22-16-19-28(8-4)25-30)33(24-11-7-3)32(27-36-35)21-10-6-2;2*1-2;/h16-17,19-20,22-23,25-26H,5-15,18,21,24H2,1-4H3;2*1H2,2H3;/q;2*-1;+2. The van der Waals surface area contributed by atoms with E-state index in [1.807, 2.05) is 0 Å². The summed E-state index contributed by atoms with van der Waals surface area (Å²) in [5.41, 5.74) is 18.4. The van der Waals surface area contributed by atoms with Gasteiger partial charge in [0.2, 0.25) is 0 Å². The molecule has 0 aliphatic heterocycles. The molecule has 0 radical (unpaired) electrons. The first-order valence-corrected chi connectivity index (χ1v) is 16.0. The summed E-state index contributed by atoms with van der Waals surface area (Å²) < 4.78 is 0. The maximum Gasteiger partial charge on any atom is 2.00 e. The van der Waals surface area contributed by atoms with E-state index in [4.69, 9.17) is 0 Å². The average molecular weight is 602 g/mol. The summed E-state index contributed by atoms with van der Waals surface area (Å²) in [4.78, 5) is 3.39. The van der Waals surface area contributed by atoms with Crippen LogP contribution in [0.3, 0.4) is 0 Å². The van der Waals surface area contributed by atoms with E-state index in [-0.39, 0.29) is 16.5 Å². The van der Waals surface area contributed by atoms with Crippen molar-refractivity contribution < 1.29 is 21.3 Å². The molecule has 0 aliphatic rings. The number of nitrogens with zero attached hydrogens (tertiary/aromatic N) is 2. The van der Waals surface area contributed by atoms with Gasteiger partial charge in [-0.05, 0) is 78.3 Å².